The number of carbonyl (C=O) groups is 1. The molecule has 0 spiro atoms. The monoisotopic (exact) mass is 407 g/mol. The Bertz CT molecular complexity index is 1400. The smallest absolute Gasteiger partial charge is 0.238 e. The van der Waals surface area contributed by atoms with Crippen LogP contribution in [0.15, 0.2) is 59.2 Å². The van der Waals surface area contributed by atoms with Gasteiger partial charge in [0.1, 0.15) is 5.69 Å². The Morgan fingerprint density at radius 3 is 2.59 bits per heavy atom. The topological polar surface area (TPSA) is 120 Å². The lowest BCUT2D eigenvalue weighted by molar-refractivity contribution is -0.110. The molecule has 0 fully saturated rings. The number of pyridine rings is 1. The number of primary sulfonamides is 1. The molecule has 0 aromatic carbocycles. The highest BCUT2D eigenvalue weighted by atomic mass is 32.2. The van der Waals surface area contributed by atoms with Gasteiger partial charge in [-0.3, -0.25) is 9.78 Å². The number of fused-ring (bicyclic) bond motifs is 1. The minimum Gasteiger partial charge on any atom is -0.290 e. The predicted octanol–water partition coefficient (Wildman–Crippen LogP) is 1.15. The number of nitrogens with zero attached hydrogens (tertiary/aromatic N) is 4. The summed E-state index contributed by atoms with van der Waals surface area (Å²) in [5.74, 6) is -0.431. The summed E-state index contributed by atoms with van der Waals surface area (Å²) in [6, 6.07) is 5.51. The molecular weight excluding hydrogens is 390 g/mol. The highest BCUT2D eigenvalue weighted by Gasteiger charge is 2.20. The number of carbonyl (C=O) groups excluding carboxylic acids is 1. The first-order valence-electron chi connectivity index (χ1n) is 8.72. The summed E-state index contributed by atoms with van der Waals surface area (Å²) >= 11 is 0. The van der Waals surface area contributed by atoms with E-state index in [9.17, 15) is 13.2 Å². The van der Waals surface area contributed by atoms with Crippen molar-refractivity contribution in [2.45, 2.75) is 13.8 Å². The van der Waals surface area contributed by atoms with Crippen LogP contribution in [-0.4, -0.2) is 34.0 Å². The highest BCUT2D eigenvalue weighted by Crippen LogP contribution is 2.21. The van der Waals surface area contributed by atoms with Gasteiger partial charge in [0.25, 0.3) is 0 Å². The third kappa shape index (κ3) is 3.41. The average molecular weight is 407 g/mol. The molecule has 3 heterocycles. The molecule has 29 heavy (non-hydrogen) atoms. The predicted molar refractivity (Wildman–Crippen MR) is 109 cm³/mol. The summed E-state index contributed by atoms with van der Waals surface area (Å²) < 4.78 is 25.3. The van der Waals surface area contributed by atoms with Gasteiger partial charge in [-0.1, -0.05) is 12.1 Å². The van der Waals surface area contributed by atoms with Crippen LogP contribution in [0.3, 0.4) is 0 Å². The van der Waals surface area contributed by atoms with Gasteiger partial charge in [0.15, 0.2) is 5.78 Å². The molecular formula is C20H17N5O3S. The maximum Gasteiger partial charge on any atom is 0.238 e. The molecule has 4 rings (SSSR count). The minimum atomic E-state index is -4.05. The van der Waals surface area contributed by atoms with E-state index in [0.29, 0.717) is 17.0 Å². The molecule has 3 aromatic heterocycles. The number of nitrogens with two attached hydrogens (primary N) is 1. The summed E-state index contributed by atoms with van der Waals surface area (Å²) in [5.41, 5.74) is 4.20. The van der Waals surface area contributed by atoms with Gasteiger partial charge >= 0.3 is 0 Å². The fraction of sp³-hybridized carbons (Fsp3) is 0.100. The number of hydrogen-bond acceptors (Lipinski definition) is 6. The first-order valence-corrected chi connectivity index (χ1v) is 10.3. The number of aromatic nitrogens is 4. The van der Waals surface area contributed by atoms with Crippen LogP contribution in [0.25, 0.3) is 23.0 Å². The lowest BCUT2D eigenvalue weighted by Gasteiger charge is -2.08. The molecule has 9 heteroatoms. The second-order valence-corrected chi connectivity index (χ2v) is 8.13. The van der Waals surface area contributed by atoms with E-state index in [0.717, 1.165) is 28.1 Å². The average Bonchev–Trinajstić information content (AvgIpc) is 3.17. The molecule has 146 valence electrons. The molecule has 0 aliphatic heterocycles. The molecule has 0 unspecified atom stereocenters. The van der Waals surface area contributed by atoms with E-state index < -0.39 is 15.8 Å². The van der Waals surface area contributed by atoms with Crippen LogP contribution in [0.2, 0.25) is 0 Å². The fourth-order valence-electron chi connectivity index (χ4n) is 3.15. The second-order valence-electron chi connectivity index (χ2n) is 6.60. The van der Waals surface area contributed by atoms with E-state index in [1.54, 1.807) is 23.0 Å². The third-order valence-corrected chi connectivity index (χ3v) is 5.64. The van der Waals surface area contributed by atoms with Gasteiger partial charge < -0.3 is 0 Å². The van der Waals surface area contributed by atoms with E-state index in [-0.39, 0.29) is 4.91 Å². The molecule has 1 aliphatic carbocycles. The van der Waals surface area contributed by atoms with Gasteiger partial charge in [-0.15, -0.1) is 9.73 Å². The van der Waals surface area contributed by atoms with Crippen molar-refractivity contribution in [2.75, 3.05) is 0 Å². The SMILES string of the molecule is Cc1nn2nc(-c3ccccn3)/c(=C\C=C3\C=CC(=O)C=C3S(N)(=O)=O)c2c1C. The molecule has 0 bridgehead atoms. The number of rotatable bonds is 3. The molecule has 0 amide bonds. The summed E-state index contributed by atoms with van der Waals surface area (Å²) in [4.78, 5) is 15.8. The highest BCUT2D eigenvalue weighted by molar-refractivity contribution is 7.93. The summed E-state index contributed by atoms with van der Waals surface area (Å²) in [6.45, 7) is 3.84. The normalized spacial score (nSPS) is 16.8. The van der Waals surface area contributed by atoms with Crippen LogP contribution in [0.4, 0.5) is 0 Å². The molecule has 0 radical (unpaired) electrons. The van der Waals surface area contributed by atoms with Crippen LogP contribution < -0.4 is 10.4 Å². The molecule has 0 saturated heterocycles. The van der Waals surface area contributed by atoms with Crippen molar-refractivity contribution in [3.8, 4) is 11.4 Å². The number of ketones is 1. The number of hydrogen-bond donors (Lipinski definition) is 1. The Kier molecular flexibility index (Phi) is 4.48. The number of sulfonamides is 1. The van der Waals surface area contributed by atoms with Gasteiger partial charge in [0, 0.05) is 23.1 Å². The zero-order valence-electron chi connectivity index (χ0n) is 15.7. The van der Waals surface area contributed by atoms with Crippen LogP contribution in [0.5, 0.6) is 0 Å². The van der Waals surface area contributed by atoms with Crippen molar-refractivity contribution >= 4 is 27.4 Å². The van der Waals surface area contributed by atoms with Gasteiger partial charge in [-0.25, -0.2) is 13.6 Å². The van der Waals surface area contributed by atoms with Crippen molar-refractivity contribution in [1.82, 2.24) is 19.8 Å². The Morgan fingerprint density at radius 1 is 1.10 bits per heavy atom. The Labute approximate surface area is 166 Å². The fourth-order valence-corrected chi connectivity index (χ4v) is 3.90. The van der Waals surface area contributed by atoms with Crippen molar-refractivity contribution in [1.29, 1.82) is 0 Å². The summed E-state index contributed by atoms with van der Waals surface area (Å²) in [7, 11) is -4.05. The van der Waals surface area contributed by atoms with E-state index in [1.807, 2.05) is 32.0 Å². The molecule has 0 atom stereocenters. The lowest BCUT2D eigenvalue weighted by Crippen LogP contribution is -2.18. The van der Waals surface area contributed by atoms with Crippen LogP contribution in [0.1, 0.15) is 11.3 Å². The zero-order chi connectivity index (χ0) is 20.8. The summed E-state index contributed by atoms with van der Waals surface area (Å²) in [6.07, 6.45) is 8.76. The first-order chi connectivity index (χ1) is 13.8. The van der Waals surface area contributed by atoms with Crippen molar-refractivity contribution in [3.05, 3.63) is 75.7 Å². The maximum atomic E-state index is 11.9. The number of aryl methyl sites for hydroxylation is 2. The largest absolute Gasteiger partial charge is 0.290 e. The number of allylic oxidation sites excluding steroid dienone is 5. The molecule has 2 N–H and O–H groups in total. The van der Waals surface area contributed by atoms with Crippen LogP contribution in [0, 0.1) is 13.8 Å². The van der Waals surface area contributed by atoms with E-state index in [4.69, 9.17) is 5.14 Å². The molecule has 0 saturated carbocycles. The Balaban J connectivity index is 1.99. The lowest BCUT2D eigenvalue weighted by atomic mass is 10.1. The van der Waals surface area contributed by atoms with Crippen LogP contribution in [-0.2, 0) is 14.8 Å². The second kappa shape index (κ2) is 6.87. The minimum absolute atomic E-state index is 0.224. The third-order valence-electron chi connectivity index (χ3n) is 4.68. The van der Waals surface area contributed by atoms with Gasteiger partial charge in [0.2, 0.25) is 10.0 Å². The quantitative estimate of drug-likeness (QED) is 0.695. The first kappa shape index (κ1) is 18.9. The standard InChI is InChI=1S/C20H17N5O3S/c1-12-13(2)23-25-20(12)16(19(24-25)17-5-3-4-10-22-17)9-7-14-6-8-15(26)11-18(14)29(21,27)28/h3-11H,1-2H3,(H2,21,27,28)/b14-7-,16-9+. The van der Waals surface area contributed by atoms with Gasteiger partial charge in [0.05, 0.1) is 21.8 Å². The van der Waals surface area contributed by atoms with Crippen molar-refractivity contribution < 1.29 is 13.2 Å². The Morgan fingerprint density at radius 2 is 1.90 bits per heavy atom. The van der Waals surface area contributed by atoms with Gasteiger partial charge in [-0.2, -0.15) is 5.10 Å². The van der Waals surface area contributed by atoms with Crippen molar-refractivity contribution in [2.24, 2.45) is 5.14 Å². The van der Waals surface area contributed by atoms with E-state index >= 15 is 0 Å². The summed E-state index contributed by atoms with van der Waals surface area (Å²) in [5, 5.41) is 15.0. The van der Waals surface area contributed by atoms with Crippen molar-refractivity contribution in [3.63, 3.8) is 0 Å². The molecule has 1 aliphatic rings. The molecule has 3 aromatic rings. The van der Waals surface area contributed by atoms with E-state index in [2.05, 4.69) is 15.2 Å². The van der Waals surface area contributed by atoms with Gasteiger partial charge in [-0.05, 0) is 49.8 Å². The molecule has 8 nitrogen and oxygen atoms in total. The van der Waals surface area contributed by atoms with E-state index in [1.165, 1.54) is 12.2 Å². The zero-order valence-corrected chi connectivity index (χ0v) is 16.5. The Hall–Kier alpha value is -3.43. The van der Waals surface area contributed by atoms with Crippen LogP contribution >= 0.6 is 0 Å². The maximum absolute atomic E-state index is 11.9.